The van der Waals surface area contributed by atoms with Gasteiger partial charge in [0.15, 0.2) is 0 Å². The summed E-state index contributed by atoms with van der Waals surface area (Å²) in [4.78, 5) is 28.4. The summed E-state index contributed by atoms with van der Waals surface area (Å²) in [6.45, 7) is 8.43. The molecule has 0 saturated heterocycles. The van der Waals surface area contributed by atoms with E-state index < -0.39 is 20.1 Å². The molecule has 3 aromatic carbocycles. The lowest BCUT2D eigenvalue weighted by atomic mass is 9.86. The van der Waals surface area contributed by atoms with Gasteiger partial charge in [-0.1, -0.05) is 61.6 Å². The molecular weight excluding hydrogens is 600 g/mol. The maximum absolute atomic E-state index is 14.4. The van der Waals surface area contributed by atoms with Gasteiger partial charge in [0.2, 0.25) is 5.91 Å². The summed E-state index contributed by atoms with van der Waals surface area (Å²) in [7, 11) is 0.868. The molecule has 0 saturated carbocycles. The van der Waals surface area contributed by atoms with Crippen LogP contribution in [0.25, 0.3) is 0 Å². The van der Waals surface area contributed by atoms with Crippen LogP contribution in [0, 0.1) is 5.92 Å². The van der Waals surface area contributed by atoms with Crippen LogP contribution in [0.4, 0.5) is 5.69 Å². The summed E-state index contributed by atoms with van der Waals surface area (Å²) in [5, 5.41) is 24.0. The quantitative estimate of drug-likeness (QED) is 0.279. The van der Waals surface area contributed by atoms with Crippen LogP contribution in [0.2, 0.25) is 18.6 Å². The number of aliphatic hydroxyl groups excluding tert-OH is 2. The van der Waals surface area contributed by atoms with Crippen molar-refractivity contribution in [2.75, 3.05) is 26.1 Å². The molecule has 6 atom stereocenters. The zero-order chi connectivity index (χ0) is 33.2. The summed E-state index contributed by atoms with van der Waals surface area (Å²) in [6, 6.07) is 21.4. The van der Waals surface area contributed by atoms with Gasteiger partial charge >= 0.3 is 0 Å². The highest BCUT2D eigenvalue weighted by molar-refractivity contribution is 6.91. The average Bonchev–Trinajstić information content (AvgIpc) is 3.06. The second-order valence-corrected chi connectivity index (χ2v) is 17.9. The highest BCUT2D eigenvalue weighted by Crippen LogP contribution is 2.48. The number of nitrogens with zero attached hydrogens (tertiary/aromatic N) is 1. The number of carbonyl (C=O) groups excluding carboxylic acids is 2. The summed E-state index contributed by atoms with van der Waals surface area (Å²) < 4.78 is 18.4. The van der Waals surface area contributed by atoms with Gasteiger partial charge in [0.25, 0.3) is 5.91 Å². The Kier molecular flexibility index (Phi) is 10.2. The smallest absolute Gasteiger partial charge is 0.252 e. The number of rotatable bonds is 10. The van der Waals surface area contributed by atoms with E-state index in [1.165, 1.54) is 17.7 Å². The number of benzene rings is 3. The maximum Gasteiger partial charge on any atom is 0.252 e. The molecule has 10 heteroatoms. The van der Waals surface area contributed by atoms with Crippen molar-refractivity contribution >= 4 is 30.8 Å². The van der Waals surface area contributed by atoms with Gasteiger partial charge in [0.05, 0.1) is 33.9 Å². The number of methoxy groups -OCH3 is 2. The van der Waals surface area contributed by atoms with Crippen LogP contribution in [0.5, 0.6) is 11.5 Å². The van der Waals surface area contributed by atoms with Crippen LogP contribution in [0.3, 0.4) is 0 Å². The Morgan fingerprint density at radius 2 is 1.76 bits per heavy atom. The van der Waals surface area contributed by atoms with Crippen LogP contribution in [-0.4, -0.2) is 74.1 Å². The number of anilines is 1. The van der Waals surface area contributed by atoms with Crippen molar-refractivity contribution in [3.63, 3.8) is 0 Å². The third kappa shape index (κ3) is 6.71. The topological polar surface area (TPSA) is 118 Å². The molecule has 0 aliphatic carbocycles. The maximum atomic E-state index is 14.4. The summed E-state index contributed by atoms with van der Waals surface area (Å²) in [5.41, 5.74) is 3.47. The molecule has 0 radical (unpaired) electrons. The minimum absolute atomic E-state index is 0.000567. The van der Waals surface area contributed by atoms with E-state index in [2.05, 4.69) is 49.6 Å². The highest BCUT2D eigenvalue weighted by Gasteiger charge is 2.49. The Hall–Kier alpha value is -3.70. The SMILES string of the molecule is COc1ccc([Si](C)(C)C(CC(=O)N2Cc3ccccc3C[C@H]2CO)[C@@H]2Oc3ccc(NC(=O)[C@H](C)O)cc3[C@H](OC)[C@H]2C)cc1. The summed E-state index contributed by atoms with van der Waals surface area (Å²) in [6.07, 6.45) is -0.981. The summed E-state index contributed by atoms with van der Waals surface area (Å²) >= 11 is 0. The number of nitrogens with one attached hydrogen (secondary N) is 1. The van der Waals surface area contributed by atoms with E-state index in [0.717, 1.165) is 16.9 Å². The molecule has 0 aromatic heterocycles. The monoisotopic (exact) mass is 646 g/mol. The molecule has 246 valence electrons. The Bertz CT molecular complexity index is 1540. The molecule has 3 N–H and O–H groups in total. The lowest BCUT2D eigenvalue weighted by Crippen LogP contribution is -2.56. The first-order chi connectivity index (χ1) is 22.0. The number of hydrogen-bond acceptors (Lipinski definition) is 7. The molecule has 0 bridgehead atoms. The fraction of sp³-hybridized carbons (Fsp3) is 0.444. The van der Waals surface area contributed by atoms with E-state index in [1.54, 1.807) is 20.3 Å². The second-order valence-electron chi connectivity index (χ2n) is 13.1. The number of carbonyl (C=O) groups is 2. The number of amides is 2. The van der Waals surface area contributed by atoms with E-state index in [0.29, 0.717) is 24.4 Å². The molecule has 0 fully saturated rings. The van der Waals surface area contributed by atoms with Gasteiger partial charge in [0.1, 0.15) is 23.7 Å². The molecule has 2 aliphatic rings. The molecule has 5 rings (SSSR count). The molecule has 3 aromatic rings. The van der Waals surface area contributed by atoms with Crippen LogP contribution >= 0.6 is 0 Å². The molecular formula is C36H46N2O7Si. The second kappa shape index (κ2) is 14.0. The lowest BCUT2D eigenvalue weighted by molar-refractivity contribution is -0.136. The minimum Gasteiger partial charge on any atom is -0.497 e. The van der Waals surface area contributed by atoms with Gasteiger partial charge in [0, 0.05) is 42.8 Å². The van der Waals surface area contributed by atoms with Crippen LogP contribution in [0.1, 0.15) is 43.1 Å². The molecule has 9 nitrogen and oxygen atoms in total. The van der Waals surface area contributed by atoms with E-state index >= 15 is 0 Å². The molecule has 2 aliphatic heterocycles. The number of fused-ring (bicyclic) bond motifs is 2. The Balaban J connectivity index is 1.52. The molecule has 0 spiro atoms. The van der Waals surface area contributed by atoms with Crippen molar-refractivity contribution in [3.8, 4) is 11.5 Å². The van der Waals surface area contributed by atoms with Crippen LogP contribution in [-0.2, 0) is 27.3 Å². The van der Waals surface area contributed by atoms with Gasteiger partial charge in [-0.05, 0) is 54.8 Å². The van der Waals surface area contributed by atoms with Gasteiger partial charge < -0.3 is 34.6 Å². The third-order valence-electron chi connectivity index (χ3n) is 9.91. The fourth-order valence-electron chi connectivity index (χ4n) is 7.07. The van der Waals surface area contributed by atoms with Crippen LogP contribution < -0.4 is 20.0 Å². The number of aliphatic hydroxyl groups is 2. The van der Waals surface area contributed by atoms with Crippen molar-refractivity contribution in [2.45, 2.75) is 76.2 Å². The van der Waals surface area contributed by atoms with Crippen molar-refractivity contribution in [1.82, 2.24) is 4.90 Å². The van der Waals surface area contributed by atoms with Gasteiger partial charge in [-0.3, -0.25) is 9.59 Å². The zero-order valence-corrected chi connectivity index (χ0v) is 28.5. The Morgan fingerprint density at radius 3 is 2.39 bits per heavy atom. The summed E-state index contributed by atoms with van der Waals surface area (Å²) in [5.74, 6) is 0.775. The number of hydrogen-bond donors (Lipinski definition) is 3. The zero-order valence-electron chi connectivity index (χ0n) is 27.5. The lowest BCUT2D eigenvalue weighted by Gasteiger charge is -2.46. The number of ether oxygens (including phenoxy) is 3. The molecule has 1 unspecified atom stereocenters. The minimum atomic E-state index is -2.44. The Morgan fingerprint density at radius 1 is 1.07 bits per heavy atom. The van der Waals surface area contributed by atoms with Gasteiger partial charge in [-0.15, -0.1) is 0 Å². The Labute approximate surface area is 272 Å². The van der Waals surface area contributed by atoms with Gasteiger partial charge in [-0.2, -0.15) is 0 Å². The standard InChI is InChI=1S/C36H46N2O7Si/c1-22-34(44-4)30-18-26(37-36(42)23(2)40)11-16-31(30)45-35(22)32(46(5,6)29-14-12-28(43-3)13-15-29)19-33(41)38-20-25-10-8-7-9-24(25)17-27(38)21-39/h7-16,18,22-23,27,32,34-35,39-40H,17,19-21H2,1-6H3,(H,37,42)/t22-,23+,27+,32?,34-,35-/m1/s1. The van der Waals surface area contributed by atoms with Crippen molar-refractivity contribution < 1.29 is 34.0 Å². The third-order valence-corrected chi connectivity index (χ3v) is 14.1. The predicted octanol–water partition coefficient (Wildman–Crippen LogP) is 4.42. The first kappa shape index (κ1) is 33.7. The van der Waals surface area contributed by atoms with Crippen molar-refractivity contribution in [3.05, 3.63) is 83.4 Å². The van der Waals surface area contributed by atoms with Crippen LogP contribution in [0.15, 0.2) is 66.7 Å². The molecule has 46 heavy (non-hydrogen) atoms. The van der Waals surface area contributed by atoms with Crippen molar-refractivity contribution in [1.29, 1.82) is 0 Å². The normalized spacial score (nSPS) is 22.1. The largest absolute Gasteiger partial charge is 0.497 e. The highest BCUT2D eigenvalue weighted by atomic mass is 28.3. The fourth-order valence-corrected chi connectivity index (χ4v) is 10.4. The van der Waals surface area contributed by atoms with E-state index in [1.807, 2.05) is 41.3 Å². The first-order valence-electron chi connectivity index (χ1n) is 15.9. The van der Waals surface area contributed by atoms with Crippen molar-refractivity contribution in [2.24, 2.45) is 5.92 Å². The predicted molar refractivity (Wildman–Crippen MR) is 180 cm³/mol. The van der Waals surface area contributed by atoms with E-state index in [9.17, 15) is 19.8 Å². The molecule has 2 heterocycles. The van der Waals surface area contributed by atoms with E-state index in [4.69, 9.17) is 14.2 Å². The molecule has 2 amide bonds. The van der Waals surface area contributed by atoms with Gasteiger partial charge in [-0.25, -0.2) is 0 Å². The van der Waals surface area contributed by atoms with E-state index in [-0.39, 0.29) is 48.6 Å². The average molecular weight is 647 g/mol. The first-order valence-corrected chi connectivity index (χ1v) is 19.0.